The first-order valence-corrected chi connectivity index (χ1v) is 5.17. The number of nitrogens with zero attached hydrogens (tertiary/aromatic N) is 3. The summed E-state index contributed by atoms with van der Waals surface area (Å²) in [5, 5.41) is 3.51. The Morgan fingerprint density at radius 1 is 1.54 bits per heavy atom. The first-order chi connectivity index (χ1) is 6.38. The number of rotatable bonds is 1. The molecule has 1 saturated heterocycles. The van der Waals surface area contributed by atoms with Crippen molar-refractivity contribution in [1.82, 2.24) is 15.0 Å². The Morgan fingerprint density at radius 2 is 2.31 bits per heavy atom. The van der Waals surface area contributed by atoms with E-state index in [0.29, 0.717) is 0 Å². The Hall–Kier alpha value is -1.04. The van der Waals surface area contributed by atoms with Crippen molar-refractivity contribution < 1.29 is 9.32 Å². The maximum Gasteiger partial charge on any atom is 0.295 e. The highest BCUT2D eigenvalue weighted by atomic mass is 32.2. The second kappa shape index (κ2) is 3.78. The second-order valence-corrected chi connectivity index (χ2v) is 3.88. The first kappa shape index (κ1) is 8.55. The lowest BCUT2D eigenvalue weighted by Gasteiger charge is -2.24. The Balaban J connectivity index is 2.04. The largest absolute Gasteiger partial charge is 0.342 e. The van der Waals surface area contributed by atoms with Gasteiger partial charge in [0.2, 0.25) is 6.39 Å². The molecule has 0 radical (unpaired) electrons. The van der Waals surface area contributed by atoms with Crippen molar-refractivity contribution in [3.63, 3.8) is 0 Å². The lowest BCUT2D eigenvalue weighted by atomic mass is 10.4. The summed E-state index contributed by atoms with van der Waals surface area (Å²) in [5.74, 6) is 2.01. The molecule has 1 aromatic rings. The van der Waals surface area contributed by atoms with E-state index in [9.17, 15) is 4.79 Å². The van der Waals surface area contributed by atoms with Gasteiger partial charge in [-0.1, -0.05) is 5.16 Å². The van der Waals surface area contributed by atoms with Crippen LogP contribution in [0.1, 0.15) is 10.6 Å². The van der Waals surface area contributed by atoms with Crippen LogP contribution in [0.3, 0.4) is 0 Å². The lowest BCUT2D eigenvalue weighted by molar-refractivity contribution is 0.0757. The Kier molecular flexibility index (Phi) is 2.49. The molecule has 0 saturated carbocycles. The van der Waals surface area contributed by atoms with Gasteiger partial charge in [-0.3, -0.25) is 4.79 Å². The fourth-order valence-corrected chi connectivity index (χ4v) is 2.08. The third-order valence-electron chi connectivity index (χ3n) is 1.85. The number of hydrogen-bond acceptors (Lipinski definition) is 5. The molecule has 0 spiro atoms. The maximum absolute atomic E-state index is 11.6. The number of carbonyl (C=O) groups is 1. The van der Waals surface area contributed by atoms with Crippen molar-refractivity contribution in [2.24, 2.45) is 0 Å². The summed E-state index contributed by atoms with van der Waals surface area (Å²) in [6.07, 6.45) is 1.17. The highest BCUT2D eigenvalue weighted by Crippen LogP contribution is 2.10. The van der Waals surface area contributed by atoms with E-state index in [-0.39, 0.29) is 11.7 Å². The van der Waals surface area contributed by atoms with Crippen molar-refractivity contribution in [3.8, 4) is 0 Å². The van der Waals surface area contributed by atoms with Gasteiger partial charge in [0.15, 0.2) is 0 Å². The van der Waals surface area contributed by atoms with Crippen LogP contribution in [0, 0.1) is 0 Å². The molecule has 1 fully saturated rings. The third kappa shape index (κ3) is 1.82. The lowest BCUT2D eigenvalue weighted by Crippen LogP contribution is -2.38. The summed E-state index contributed by atoms with van der Waals surface area (Å²) in [4.78, 5) is 17.1. The molecule has 6 heteroatoms. The molecule has 0 N–H and O–H groups in total. The van der Waals surface area contributed by atoms with Gasteiger partial charge < -0.3 is 9.42 Å². The SMILES string of the molecule is O=C(c1ncon1)N1CCSCC1. The zero-order valence-corrected chi connectivity index (χ0v) is 7.79. The summed E-state index contributed by atoms with van der Waals surface area (Å²) < 4.78 is 4.51. The molecule has 1 aliphatic heterocycles. The van der Waals surface area contributed by atoms with Gasteiger partial charge in [-0.2, -0.15) is 16.7 Å². The second-order valence-electron chi connectivity index (χ2n) is 2.66. The average Bonchev–Trinajstić information content (AvgIpc) is 2.71. The zero-order chi connectivity index (χ0) is 9.10. The molecule has 70 valence electrons. The highest BCUT2D eigenvalue weighted by molar-refractivity contribution is 7.99. The van der Waals surface area contributed by atoms with Gasteiger partial charge in [-0.25, -0.2) is 0 Å². The molecule has 2 heterocycles. The predicted molar refractivity (Wildman–Crippen MR) is 47.5 cm³/mol. The van der Waals surface area contributed by atoms with Crippen LogP contribution < -0.4 is 0 Å². The Labute approximate surface area is 79.5 Å². The van der Waals surface area contributed by atoms with E-state index in [1.165, 1.54) is 6.39 Å². The minimum absolute atomic E-state index is 0.131. The molecule has 0 aliphatic carbocycles. The molecule has 0 atom stereocenters. The van der Waals surface area contributed by atoms with E-state index in [0.717, 1.165) is 24.6 Å². The van der Waals surface area contributed by atoms with Crippen molar-refractivity contribution >= 4 is 17.7 Å². The van der Waals surface area contributed by atoms with Gasteiger partial charge in [0.1, 0.15) is 0 Å². The van der Waals surface area contributed by atoms with Crippen molar-refractivity contribution in [1.29, 1.82) is 0 Å². The van der Waals surface area contributed by atoms with E-state index in [1.807, 2.05) is 11.8 Å². The van der Waals surface area contributed by atoms with E-state index >= 15 is 0 Å². The van der Waals surface area contributed by atoms with Gasteiger partial charge in [0.05, 0.1) is 0 Å². The fraction of sp³-hybridized carbons (Fsp3) is 0.571. The van der Waals surface area contributed by atoms with Crippen molar-refractivity contribution in [2.75, 3.05) is 24.6 Å². The average molecular weight is 199 g/mol. The number of carbonyl (C=O) groups excluding carboxylic acids is 1. The molecule has 0 aromatic carbocycles. The van der Waals surface area contributed by atoms with Gasteiger partial charge in [0, 0.05) is 24.6 Å². The maximum atomic E-state index is 11.6. The van der Waals surface area contributed by atoms with E-state index in [1.54, 1.807) is 4.90 Å². The molecular weight excluding hydrogens is 190 g/mol. The predicted octanol–water partition coefficient (Wildman–Crippen LogP) is 0.259. The van der Waals surface area contributed by atoms with Crippen molar-refractivity contribution in [3.05, 3.63) is 12.2 Å². The summed E-state index contributed by atoms with van der Waals surface area (Å²) in [6, 6.07) is 0. The highest BCUT2D eigenvalue weighted by Gasteiger charge is 2.21. The molecule has 2 rings (SSSR count). The molecule has 5 nitrogen and oxygen atoms in total. The Morgan fingerprint density at radius 3 is 2.92 bits per heavy atom. The van der Waals surface area contributed by atoms with Crippen LogP contribution in [0.25, 0.3) is 0 Å². The first-order valence-electron chi connectivity index (χ1n) is 4.01. The molecular formula is C7H9N3O2S. The standard InChI is InChI=1S/C7H9N3O2S/c11-7(6-8-5-12-9-6)10-1-3-13-4-2-10/h5H,1-4H2. The summed E-state index contributed by atoms with van der Waals surface area (Å²) in [7, 11) is 0. The van der Waals surface area contributed by atoms with E-state index < -0.39 is 0 Å². The van der Waals surface area contributed by atoms with Crippen LogP contribution in [0.4, 0.5) is 0 Å². The fourth-order valence-electron chi connectivity index (χ4n) is 1.17. The van der Waals surface area contributed by atoms with Crippen LogP contribution >= 0.6 is 11.8 Å². The van der Waals surface area contributed by atoms with Gasteiger partial charge in [0.25, 0.3) is 11.7 Å². The molecule has 1 aliphatic rings. The minimum atomic E-state index is -0.131. The van der Waals surface area contributed by atoms with Gasteiger partial charge in [-0.15, -0.1) is 0 Å². The molecule has 0 bridgehead atoms. The number of aromatic nitrogens is 2. The molecule has 1 aromatic heterocycles. The Bertz CT molecular complexity index is 282. The summed E-state index contributed by atoms with van der Waals surface area (Å²) >= 11 is 1.86. The monoisotopic (exact) mass is 199 g/mol. The van der Waals surface area contributed by atoms with E-state index in [2.05, 4.69) is 14.7 Å². The molecule has 13 heavy (non-hydrogen) atoms. The van der Waals surface area contributed by atoms with Crippen LogP contribution in [0.2, 0.25) is 0 Å². The van der Waals surface area contributed by atoms with Gasteiger partial charge >= 0.3 is 0 Å². The topological polar surface area (TPSA) is 59.2 Å². The summed E-state index contributed by atoms with van der Waals surface area (Å²) in [5.41, 5.74) is 0. The van der Waals surface area contributed by atoms with Crippen LogP contribution in [0.15, 0.2) is 10.9 Å². The minimum Gasteiger partial charge on any atom is -0.342 e. The zero-order valence-electron chi connectivity index (χ0n) is 6.97. The van der Waals surface area contributed by atoms with Crippen LogP contribution in [-0.2, 0) is 0 Å². The smallest absolute Gasteiger partial charge is 0.295 e. The number of thioether (sulfide) groups is 1. The molecule has 0 unspecified atom stereocenters. The number of amides is 1. The molecule has 1 amide bonds. The van der Waals surface area contributed by atoms with Gasteiger partial charge in [-0.05, 0) is 0 Å². The summed E-state index contributed by atoms with van der Waals surface area (Å²) in [6.45, 7) is 1.55. The third-order valence-corrected chi connectivity index (χ3v) is 2.79. The number of hydrogen-bond donors (Lipinski definition) is 0. The normalized spacial score (nSPS) is 17.4. The van der Waals surface area contributed by atoms with E-state index in [4.69, 9.17) is 0 Å². The van der Waals surface area contributed by atoms with Crippen LogP contribution in [-0.4, -0.2) is 45.5 Å². The van der Waals surface area contributed by atoms with Crippen LogP contribution in [0.5, 0.6) is 0 Å². The van der Waals surface area contributed by atoms with Crippen molar-refractivity contribution in [2.45, 2.75) is 0 Å². The quantitative estimate of drug-likeness (QED) is 0.649.